The first-order chi connectivity index (χ1) is 14.2. The number of ether oxygens (including phenoxy) is 1. The molecule has 3 N–H and O–H groups in total. The number of hydrogen-bond donors (Lipinski definition) is 3. The maximum atomic E-state index is 14.3. The largest absolute Gasteiger partial charge is 0.496 e. The first kappa shape index (κ1) is 22.8. The van der Waals surface area contributed by atoms with Crippen LogP contribution in [0.25, 0.3) is 11.1 Å². The smallest absolute Gasteiger partial charge is 0.305 e. The lowest BCUT2D eigenvalue weighted by Crippen LogP contribution is -2.38. The molecule has 0 heterocycles. The highest BCUT2D eigenvalue weighted by Crippen LogP contribution is 2.34. The first-order valence-corrected chi connectivity index (χ1v) is 9.05. The zero-order chi connectivity index (χ0) is 22.3. The molecular weight excluding hydrogens is 400 g/mol. The van der Waals surface area contributed by atoms with Gasteiger partial charge in [-0.3, -0.25) is 14.4 Å². The van der Waals surface area contributed by atoms with Crippen molar-refractivity contribution in [2.75, 3.05) is 7.11 Å². The van der Waals surface area contributed by atoms with Crippen molar-refractivity contribution in [3.05, 3.63) is 53.6 Å². The number of aliphatic carboxylic acids is 2. The number of rotatable bonds is 10. The molecule has 2 aromatic rings. The van der Waals surface area contributed by atoms with Crippen molar-refractivity contribution in [3.63, 3.8) is 0 Å². The Kier molecular flexibility index (Phi) is 7.85. The highest BCUT2D eigenvalue weighted by molar-refractivity contribution is 5.81. The van der Waals surface area contributed by atoms with Crippen LogP contribution in [0.3, 0.4) is 0 Å². The number of carbonyl (C=O) groups excluding carboxylic acids is 1. The quantitative estimate of drug-likeness (QED) is 0.544. The number of halogens is 2. The minimum Gasteiger partial charge on any atom is -0.496 e. The van der Waals surface area contributed by atoms with Crippen LogP contribution in [0.1, 0.15) is 24.8 Å². The average Bonchev–Trinajstić information content (AvgIpc) is 2.68. The lowest BCUT2D eigenvalue weighted by atomic mass is 9.98. The molecule has 30 heavy (non-hydrogen) atoms. The fourth-order valence-corrected chi connectivity index (χ4v) is 2.97. The summed E-state index contributed by atoms with van der Waals surface area (Å²) in [5.41, 5.74) is 0.986. The van der Waals surface area contributed by atoms with E-state index in [1.807, 2.05) is 0 Å². The number of carboxylic acids is 2. The predicted octanol–water partition coefficient (Wildman–Crippen LogP) is 3.01. The van der Waals surface area contributed by atoms with Crippen LogP contribution >= 0.6 is 0 Å². The summed E-state index contributed by atoms with van der Waals surface area (Å²) in [4.78, 5) is 33.5. The summed E-state index contributed by atoms with van der Waals surface area (Å²) >= 11 is 0. The Labute approximate surface area is 171 Å². The molecule has 2 rings (SSSR count). The van der Waals surface area contributed by atoms with Crippen molar-refractivity contribution in [1.82, 2.24) is 5.32 Å². The lowest BCUT2D eigenvalue weighted by Gasteiger charge is -2.17. The molecule has 0 fully saturated rings. The van der Waals surface area contributed by atoms with Gasteiger partial charge in [0.25, 0.3) is 0 Å². The number of nitrogens with one attached hydrogen (secondary N) is 1. The first-order valence-electron chi connectivity index (χ1n) is 9.05. The number of amides is 1. The molecule has 0 radical (unpaired) electrons. The van der Waals surface area contributed by atoms with E-state index in [1.54, 1.807) is 24.3 Å². The van der Waals surface area contributed by atoms with Crippen molar-refractivity contribution in [2.45, 2.75) is 31.7 Å². The van der Waals surface area contributed by atoms with E-state index in [9.17, 15) is 23.2 Å². The van der Waals surface area contributed by atoms with Crippen molar-refractivity contribution >= 4 is 17.8 Å². The van der Waals surface area contributed by atoms with E-state index in [1.165, 1.54) is 13.2 Å². The van der Waals surface area contributed by atoms with E-state index in [4.69, 9.17) is 14.9 Å². The van der Waals surface area contributed by atoms with Crippen molar-refractivity contribution in [1.29, 1.82) is 0 Å². The molecule has 7 nitrogen and oxygen atoms in total. The second-order valence-corrected chi connectivity index (χ2v) is 6.60. The molecule has 0 saturated carbocycles. The number of carbonyl (C=O) groups is 3. The Morgan fingerprint density at radius 2 is 1.67 bits per heavy atom. The highest BCUT2D eigenvalue weighted by Gasteiger charge is 2.19. The van der Waals surface area contributed by atoms with E-state index >= 15 is 0 Å². The van der Waals surface area contributed by atoms with Gasteiger partial charge in [0.15, 0.2) is 11.6 Å². The predicted molar refractivity (Wildman–Crippen MR) is 103 cm³/mol. The number of carboxylic acid groups (broad SMARTS) is 2. The maximum Gasteiger partial charge on any atom is 0.305 e. The van der Waals surface area contributed by atoms with Gasteiger partial charge in [0, 0.05) is 12.5 Å². The van der Waals surface area contributed by atoms with Gasteiger partial charge >= 0.3 is 11.9 Å². The molecule has 1 unspecified atom stereocenters. The number of hydrogen-bond acceptors (Lipinski definition) is 4. The maximum absolute atomic E-state index is 14.3. The molecule has 0 aliphatic heterocycles. The summed E-state index contributed by atoms with van der Waals surface area (Å²) in [5.74, 6) is -4.71. The summed E-state index contributed by atoms with van der Waals surface area (Å²) in [5, 5.41) is 20.2. The topological polar surface area (TPSA) is 113 Å². The molecule has 1 amide bonds. The third kappa shape index (κ3) is 6.26. The van der Waals surface area contributed by atoms with Crippen LogP contribution in [0.15, 0.2) is 36.4 Å². The minimum atomic E-state index is -1.13. The zero-order valence-electron chi connectivity index (χ0n) is 16.2. The second-order valence-electron chi connectivity index (χ2n) is 6.60. The van der Waals surface area contributed by atoms with Crippen LogP contribution in [-0.4, -0.2) is 41.2 Å². The average molecular weight is 421 g/mol. The van der Waals surface area contributed by atoms with Gasteiger partial charge in [-0.25, -0.2) is 8.78 Å². The van der Waals surface area contributed by atoms with Crippen molar-refractivity contribution < 1.29 is 38.1 Å². The fourth-order valence-electron chi connectivity index (χ4n) is 2.97. The van der Waals surface area contributed by atoms with Crippen molar-refractivity contribution in [2.24, 2.45) is 0 Å². The molecule has 1 atom stereocenters. The van der Waals surface area contributed by atoms with Crippen LogP contribution in [-0.2, 0) is 20.8 Å². The van der Waals surface area contributed by atoms with Gasteiger partial charge in [-0.05, 0) is 29.7 Å². The minimum absolute atomic E-state index is 0.0342. The normalized spacial score (nSPS) is 11.6. The Hall–Kier alpha value is -3.49. The highest BCUT2D eigenvalue weighted by atomic mass is 19.2. The van der Waals surface area contributed by atoms with E-state index in [0.29, 0.717) is 11.1 Å². The molecule has 9 heteroatoms. The summed E-state index contributed by atoms with van der Waals surface area (Å²) in [6.07, 6.45) is -0.814. The summed E-state index contributed by atoms with van der Waals surface area (Å²) in [6, 6.07) is 7.83. The Morgan fingerprint density at radius 3 is 2.23 bits per heavy atom. The van der Waals surface area contributed by atoms with Crippen LogP contribution in [0.2, 0.25) is 0 Å². The summed E-state index contributed by atoms with van der Waals surface area (Å²) in [6.45, 7) is 0. The van der Waals surface area contributed by atoms with Crippen LogP contribution < -0.4 is 10.1 Å². The zero-order valence-corrected chi connectivity index (χ0v) is 16.2. The molecule has 0 spiro atoms. The molecule has 0 bridgehead atoms. The van der Waals surface area contributed by atoms with Gasteiger partial charge in [0.2, 0.25) is 5.91 Å². The summed E-state index contributed by atoms with van der Waals surface area (Å²) in [7, 11) is 1.34. The van der Waals surface area contributed by atoms with Gasteiger partial charge < -0.3 is 20.3 Å². The van der Waals surface area contributed by atoms with Crippen LogP contribution in [0, 0.1) is 11.6 Å². The Bertz CT molecular complexity index is 930. The van der Waals surface area contributed by atoms with E-state index in [2.05, 4.69) is 5.32 Å². The molecule has 0 saturated heterocycles. The third-order valence-electron chi connectivity index (χ3n) is 4.35. The molecular formula is C21H21F2NO6. The van der Waals surface area contributed by atoms with E-state index in [-0.39, 0.29) is 37.0 Å². The number of methoxy groups -OCH3 is 1. The van der Waals surface area contributed by atoms with Crippen LogP contribution in [0.5, 0.6) is 5.75 Å². The standard InChI is InChI=1S/C21H21F2NO6/c1-30-16-7-6-15(22)21(23)20(16)13-4-2-12(3-5-13)10-14(11-19(28)29)24-17(25)8-9-18(26)27/h2-7,14H,8-11H2,1H3,(H,24,25)(H,26,27)(H,28,29). The molecule has 0 aliphatic carbocycles. The van der Waals surface area contributed by atoms with Gasteiger partial charge in [-0.1, -0.05) is 24.3 Å². The third-order valence-corrected chi connectivity index (χ3v) is 4.35. The van der Waals surface area contributed by atoms with E-state index in [0.717, 1.165) is 6.07 Å². The van der Waals surface area contributed by atoms with Crippen LogP contribution in [0.4, 0.5) is 8.78 Å². The lowest BCUT2D eigenvalue weighted by molar-refractivity contribution is -0.140. The van der Waals surface area contributed by atoms with Gasteiger partial charge in [0.05, 0.1) is 25.5 Å². The van der Waals surface area contributed by atoms with Gasteiger partial charge in [0.1, 0.15) is 5.75 Å². The SMILES string of the molecule is COc1ccc(F)c(F)c1-c1ccc(CC(CC(=O)O)NC(=O)CCC(=O)O)cc1. The van der Waals surface area contributed by atoms with Gasteiger partial charge in [-0.15, -0.1) is 0 Å². The molecule has 160 valence electrons. The Balaban J connectivity index is 2.17. The van der Waals surface area contributed by atoms with Gasteiger partial charge in [-0.2, -0.15) is 0 Å². The second kappa shape index (κ2) is 10.3. The van der Waals surface area contributed by atoms with Crippen molar-refractivity contribution in [3.8, 4) is 16.9 Å². The van der Waals surface area contributed by atoms with E-state index < -0.39 is 35.5 Å². The molecule has 0 aliphatic rings. The summed E-state index contributed by atoms with van der Waals surface area (Å²) < 4.78 is 33.0. The monoisotopic (exact) mass is 421 g/mol. The molecule has 2 aromatic carbocycles. The number of benzene rings is 2. The fraction of sp³-hybridized carbons (Fsp3) is 0.286. The molecule has 0 aromatic heterocycles. The Morgan fingerprint density at radius 1 is 1.00 bits per heavy atom.